The molecule has 0 saturated carbocycles. The molecule has 0 aromatic carbocycles. The van der Waals surface area contributed by atoms with E-state index in [1.165, 1.54) is 11.3 Å². The van der Waals surface area contributed by atoms with Crippen LogP contribution in [0.15, 0.2) is 12.1 Å². The Morgan fingerprint density at radius 3 is 2.65 bits per heavy atom. The standard InChI is InChI=1S/C13H18ClN3O2S/c14-11-2-1-10(20-11)3-6-16-13(19)17-7-4-9(5-8-17)12(15)18/h1-2,9H,3-8H2,(H2,15,18)(H,16,19). The molecule has 7 heteroatoms. The van der Waals surface area contributed by atoms with E-state index in [0.717, 1.165) is 15.6 Å². The van der Waals surface area contributed by atoms with Gasteiger partial charge in [-0.2, -0.15) is 0 Å². The maximum Gasteiger partial charge on any atom is 0.317 e. The summed E-state index contributed by atoms with van der Waals surface area (Å²) in [6.07, 6.45) is 2.09. The van der Waals surface area contributed by atoms with Crippen molar-refractivity contribution < 1.29 is 9.59 Å². The van der Waals surface area contributed by atoms with Gasteiger partial charge in [-0.25, -0.2) is 4.79 Å². The van der Waals surface area contributed by atoms with E-state index in [0.29, 0.717) is 32.5 Å². The first kappa shape index (κ1) is 15.1. The maximum absolute atomic E-state index is 11.9. The second kappa shape index (κ2) is 6.95. The molecule has 2 heterocycles. The molecule has 1 aromatic heterocycles. The number of primary amides is 1. The SMILES string of the molecule is NC(=O)C1CCN(C(=O)NCCc2ccc(Cl)s2)CC1. The Labute approximate surface area is 127 Å². The first-order valence-electron chi connectivity index (χ1n) is 6.62. The molecule has 0 aliphatic carbocycles. The summed E-state index contributed by atoms with van der Waals surface area (Å²) in [7, 11) is 0. The summed E-state index contributed by atoms with van der Waals surface area (Å²) in [6, 6.07) is 3.76. The summed E-state index contributed by atoms with van der Waals surface area (Å²) < 4.78 is 0.764. The van der Waals surface area contributed by atoms with E-state index >= 15 is 0 Å². The molecule has 0 atom stereocenters. The molecule has 3 N–H and O–H groups in total. The van der Waals surface area contributed by atoms with E-state index in [9.17, 15) is 9.59 Å². The number of urea groups is 1. The van der Waals surface area contributed by atoms with Gasteiger partial charge in [-0.1, -0.05) is 11.6 Å². The van der Waals surface area contributed by atoms with Crippen molar-refractivity contribution in [3.63, 3.8) is 0 Å². The van der Waals surface area contributed by atoms with Crippen LogP contribution in [0.5, 0.6) is 0 Å². The van der Waals surface area contributed by atoms with E-state index in [2.05, 4.69) is 5.32 Å². The van der Waals surface area contributed by atoms with Crippen LogP contribution < -0.4 is 11.1 Å². The van der Waals surface area contributed by atoms with Gasteiger partial charge in [0.25, 0.3) is 0 Å². The van der Waals surface area contributed by atoms with E-state index < -0.39 is 0 Å². The van der Waals surface area contributed by atoms with Gasteiger partial charge in [0.1, 0.15) is 0 Å². The van der Waals surface area contributed by atoms with Gasteiger partial charge >= 0.3 is 6.03 Å². The first-order valence-corrected chi connectivity index (χ1v) is 7.82. The lowest BCUT2D eigenvalue weighted by Gasteiger charge is -2.30. The zero-order chi connectivity index (χ0) is 14.5. The van der Waals surface area contributed by atoms with Crippen molar-refractivity contribution in [1.29, 1.82) is 0 Å². The molecule has 1 aliphatic heterocycles. The number of hydrogen-bond acceptors (Lipinski definition) is 3. The summed E-state index contributed by atoms with van der Waals surface area (Å²) in [4.78, 5) is 25.9. The Hall–Kier alpha value is -1.27. The molecule has 0 unspecified atom stereocenters. The zero-order valence-corrected chi connectivity index (χ0v) is 12.7. The molecule has 0 radical (unpaired) electrons. The fourth-order valence-corrected chi connectivity index (χ4v) is 3.34. The van der Waals surface area contributed by atoms with Gasteiger partial charge in [-0.05, 0) is 31.4 Å². The predicted octanol–water partition coefficient (Wildman–Crippen LogP) is 1.85. The van der Waals surface area contributed by atoms with Crippen molar-refractivity contribution in [2.45, 2.75) is 19.3 Å². The average molecular weight is 316 g/mol. The molecular formula is C13H18ClN3O2S. The number of nitrogens with two attached hydrogens (primary N) is 1. The van der Waals surface area contributed by atoms with Crippen LogP contribution in [-0.2, 0) is 11.2 Å². The number of piperidine rings is 1. The number of hydrogen-bond donors (Lipinski definition) is 2. The second-order valence-electron chi connectivity index (χ2n) is 4.85. The van der Waals surface area contributed by atoms with Crippen molar-refractivity contribution in [2.75, 3.05) is 19.6 Å². The summed E-state index contributed by atoms with van der Waals surface area (Å²) >= 11 is 7.38. The minimum absolute atomic E-state index is 0.0735. The Morgan fingerprint density at radius 2 is 2.10 bits per heavy atom. The quantitative estimate of drug-likeness (QED) is 0.889. The Morgan fingerprint density at radius 1 is 1.40 bits per heavy atom. The van der Waals surface area contributed by atoms with Gasteiger partial charge in [-0.15, -0.1) is 11.3 Å². The average Bonchev–Trinajstić information content (AvgIpc) is 2.84. The number of halogens is 1. The third-order valence-electron chi connectivity index (χ3n) is 3.46. The molecule has 0 bridgehead atoms. The Bertz CT molecular complexity index is 484. The third kappa shape index (κ3) is 4.11. The number of rotatable bonds is 4. The summed E-state index contributed by atoms with van der Waals surface area (Å²) in [5, 5.41) is 2.89. The van der Waals surface area contributed by atoms with Gasteiger partial charge in [0, 0.05) is 30.4 Å². The highest BCUT2D eigenvalue weighted by atomic mass is 35.5. The highest BCUT2D eigenvalue weighted by molar-refractivity contribution is 7.16. The van der Waals surface area contributed by atoms with Crippen molar-refractivity contribution in [1.82, 2.24) is 10.2 Å². The highest BCUT2D eigenvalue weighted by Crippen LogP contribution is 2.21. The van der Waals surface area contributed by atoms with E-state index in [1.54, 1.807) is 4.90 Å². The molecule has 1 fully saturated rings. The van der Waals surface area contributed by atoms with Gasteiger partial charge in [0.2, 0.25) is 5.91 Å². The van der Waals surface area contributed by atoms with Crippen LogP contribution >= 0.6 is 22.9 Å². The summed E-state index contributed by atoms with van der Waals surface area (Å²) in [5.74, 6) is -0.355. The van der Waals surface area contributed by atoms with Crippen LogP contribution in [0, 0.1) is 5.92 Å². The number of nitrogens with one attached hydrogen (secondary N) is 1. The molecule has 20 heavy (non-hydrogen) atoms. The van der Waals surface area contributed by atoms with E-state index in [4.69, 9.17) is 17.3 Å². The van der Waals surface area contributed by atoms with Gasteiger partial charge in [0.15, 0.2) is 0 Å². The molecule has 1 aromatic rings. The molecule has 3 amide bonds. The fraction of sp³-hybridized carbons (Fsp3) is 0.538. The van der Waals surface area contributed by atoms with E-state index in [1.807, 2.05) is 12.1 Å². The lowest BCUT2D eigenvalue weighted by Crippen LogP contribution is -2.46. The van der Waals surface area contributed by atoms with Crippen LogP contribution in [0.3, 0.4) is 0 Å². The number of carbonyl (C=O) groups is 2. The normalized spacial score (nSPS) is 16.1. The minimum Gasteiger partial charge on any atom is -0.369 e. The number of likely N-dealkylation sites (tertiary alicyclic amines) is 1. The van der Waals surface area contributed by atoms with Gasteiger partial charge in [-0.3, -0.25) is 4.79 Å². The van der Waals surface area contributed by atoms with Gasteiger partial charge < -0.3 is 16.0 Å². The van der Waals surface area contributed by atoms with Gasteiger partial charge in [0.05, 0.1) is 4.34 Å². The molecular weight excluding hydrogens is 298 g/mol. The fourth-order valence-electron chi connectivity index (χ4n) is 2.26. The van der Waals surface area contributed by atoms with Crippen LogP contribution in [0.2, 0.25) is 4.34 Å². The minimum atomic E-state index is -0.264. The van der Waals surface area contributed by atoms with E-state index in [-0.39, 0.29) is 17.9 Å². The monoisotopic (exact) mass is 315 g/mol. The topological polar surface area (TPSA) is 75.4 Å². The first-order chi connectivity index (χ1) is 9.56. The molecule has 5 nitrogen and oxygen atoms in total. The molecule has 2 rings (SSSR count). The maximum atomic E-state index is 11.9. The summed E-state index contributed by atoms with van der Waals surface area (Å²) in [6.45, 7) is 1.76. The number of nitrogens with zero attached hydrogens (tertiary/aromatic N) is 1. The lowest BCUT2D eigenvalue weighted by atomic mass is 9.96. The molecule has 0 spiro atoms. The van der Waals surface area contributed by atoms with Crippen LogP contribution in [-0.4, -0.2) is 36.5 Å². The van der Waals surface area contributed by atoms with Crippen LogP contribution in [0.25, 0.3) is 0 Å². The molecule has 1 saturated heterocycles. The third-order valence-corrected chi connectivity index (χ3v) is 4.75. The molecule has 1 aliphatic rings. The number of carbonyl (C=O) groups excluding carboxylic acids is 2. The largest absolute Gasteiger partial charge is 0.369 e. The van der Waals surface area contributed by atoms with Crippen LogP contribution in [0.1, 0.15) is 17.7 Å². The smallest absolute Gasteiger partial charge is 0.317 e. The van der Waals surface area contributed by atoms with Crippen LogP contribution in [0.4, 0.5) is 4.79 Å². The summed E-state index contributed by atoms with van der Waals surface area (Å²) in [5.41, 5.74) is 5.27. The Kier molecular flexibility index (Phi) is 5.25. The Balaban J connectivity index is 1.69. The lowest BCUT2D eigenvalue weighted by molar-refractivity contribution is -0.123. The molecule has 110 valence electrons. The highest BCUT2D eigenvalue weighted by Gasteiger charge is 2.25. The van der Waals surface area contributed by atoms with Crippen molar-refractivity contribution in [3.8, 4) is 0 Å². The number of amides is 3. The predicted molar refractivity (Wildman–Crippen MR) is 79.9 cm³/mol. The zero-order valence-electron chi connectivity index (χ0n) is 11.1. The second-order valence-corrected chi connectivity index (χ2v) is 6.65. The van der Waals surface area contributed by atoms with Crippen molar-refractivity contribution >= 4 is 34.9 Å². The van der Waals surface area contributed by atoms with Crippen molar-refractivity contribution in [2.24, 2.45) is 11.7 Å². The van der Waals surface area contributed by atoms with Crippen molar-refractivity contribution in [3.05, 3.63) is 21.3 Å². The number of thiophene rings is 1.